The number of methoxy groups -OCH3 is 1. The van der Waals surface area contributed by atoms with Crippen molar-refractivity contribution in [1.29, 1.82) is 0 Å². The first-order valence-corrected chi connectivity index (χ1v) is 4.94. The Kier molecular flexibility index (Phi) is 2.53. The van der Waals surface area contributed by atoms with Crippen LogP contribution in [-0.4, -0.2) is 13.4 Å². The maximum Gasteiger partial charge on any atom is 0.123 e. The van der Waals surface area contributed by atoms with Crippen LogP contribution < -0.4 is 4.74 Å². The molecule has 0 saturated carbocycles. The third kappa shape index (κ3) is 1.65. The fourth-order valence-corrected chi connectivity index (χ4v) is 2.00. The van der Waals surface area contributed by atoms with Crippen LogP contribution in [0.5, 0.6) is 5.75 Å². The molecular formula is C12H14O2. The quantitative estimate of drug-likeness (QED) is 0.667. The molecule has 0 spiro atoms. The van der Waals surface area contributed by atoms with E-state index in [4.69, 9.17) is 4.74 Å². The minimum Gasteiger partial charge on any atom is -0.497 e. The standard InChI is InChI=1S/C12H14O2/c1-14-12-5-4-10-6-9(8-13)2-3-11(10)7-12/h4-5,7-9H,2-3,6H2,1H3/t9-/m0/s1. The molecule has 0 amide bonds. The summed E-state index contributed by atoms with van der Waals surface area (Å²) < 4.78 is 5.16. The number of benzene rings is 1. The van der Waals surface area contributed by atoms with Crippen molar-refractivity contribution in [2.75, 3.05) is 7.11 Å². The zero-order valence-electron chi connectivity index (χ0n) is 8.32. The van der Waals surface area contributed by atoms with E-state index >= 15 is 0 Å². The molecule has 14 heavy (non-hydrogen) atoms. The molecule has 0 N–H and O–H groups in total. The van der Waals surface area contributed by atoms with E-state index in [-0.39, 0.29) is 5.92 Å². The van der Waals surface area contributed by atoms with E-state index in [0.717, 1.165) is 31.3 Å². The Morgan fingerprint density at radius 3 is 3.00 bits per heavy atom. The average molecular weight is 190 g/mol. The van der Waals surface area contributed by atoms with E-state index in [2.05, 4.69) is 12.1 Å². The monoisotopic (exact) mass is 190 g/mol. The largest absolute Gasteiger partial charge is 0.497 e. The zero-order valence-corrected chi connectivity index (χ0v) is 8.32. The highest BCUT2D eigenvalue weighted by molar-refractivity contribution is 5.56. The van der Waals surface area contributed by atoms with Gasteiger partial charge in [0, 0.05) is 5.92 Å². The van der Waals surface area contributed by atoms with Gasteiger partial charge in [0.1, 0.15) is 12.0 Å². The Hall–Kier alpha value is -1.31. The lowest BCUT2D eigenvalue weighted by Crippen LogP contribution is -2.15. The Bertz CT molecular complexity index is 344. The highest BCUT2D eigenvalue weighted by Gasteiger charge is 2.17. The summed E-state index contributed by atoms with van der Waals surface area (Å²) in [6.45, 7) is 0. The van der Waals surface area contributed by atoms with Gasteiger partial charge in [0.2, 0.25) is 0 Å². The molecule has 0 fully saturated rings. The Balaban J connectivity index is 2.27. The van der Waals surface area contributed by atoms with Crippen LogP contribution >= 0.6 is 0 Å². The van der Waals surface area contributed by atoms with E-state index in [1.165, 1.54) is 11.1 Å². The topological polar surface area (TPSA) is 26.3 Å². The Morgan fingerprint density at radius 2 is 2.29 bits per heavy atom. The molecule has 0 radical (unpaired) electrons. The number of carbonyl (C=O) groups is 1. The maximum absolute atomic E-state index is 10.7. The summed E-state index contributed by atoms with van der Waals surface area (Å²) in [5, 5.41) is 0. The van der Waals surface area contributed by atoms with Crippen LogP contribution in [0.3, 0.4) is 0 Å². The predicted molar refractivity (Wildman–Crippen MR) is 54.6 cm³/mol. The van der Waals surface area contributed by atoms with Crippen molar-refractivity contribution in [3.63, 3.8) is 0 Å². The number of carbonyl (C=O) groups excluding carboxylic acids is 1. The summed E-state index contributed by atoms with van der Waals surface area (Å²) in [5.74, 6) is 1.13. The van der Waals surface area contributed by atoms with Crippen molar-refractivity contribution in [3.05, 3.63) is 29.3 Å². The van der Waals surface area contributed by atoms with E-state index in [1.54, 1.807) is 7.11 Å². The van der Waals surface area contributed by atoms with Crippen LogP contribution in [0.15, 0.2) is 18.2 Å². The van der Waals surface area contributed by atoms with E-state index in [1.807, 2.05) is 6.07 Å². The molecule has 0 aliphatic heterocycles. The van der Waals surface area contributed by atoms with E-state index in [0.29, 0.717) is 0 Å². The number of fused-ring (bicyclic) bond motifs is 1. The number of hydrogen-bond donors (Lipinski definition) is 0. The highest BCUT2D eigenvalue weighted by Crippen LogP contribution is 2.27. The van der Waals surface area contributed by atoms with Gasteiger partial charge >= 0.3 is 0 Å². The summed E-state index contributed by atoms with van der Waals surface area (Å²) in [7, 11) is 1.68. The summed E-state index contributed by atoms with van der Waals surface area (Å²) in [4.78, 5) is 10.7. The fraction of sp³-hybridized carbons (Fsp3) is 0.417. The van der Waals surface area contributed by atoms with Gasteiger partial charge in [0.05, 0.1) is 7.11 Å². The molecule has 1 atom stereocenters. The molecule has 0 unspecified atom stereocenters. The van der Waals surface area contributed by atoms with Gasteiger partial charge in [-0.2, -0.15) is 0 Å². The van der Waals surface area contributed by atoms with Crippen molar-refractivity contribution in [1.82, 2.24) is 0 Å². The SMILES string of the molecule is COc1ccc2c(c1)CC[C@H](C=O)C2. The second-order valence-corrected chi connectivity index (χ2v) is 3.77. The average Bonchev–Trinajstić information content (AvgIpc) is 2.27. The van der Waals surface area contributed by atoms with Gasteiger partial charge in [-0.3, -0.25) is 0 Å². The summed E-state index contributed by atoms with van der Waals surface area (Å²) >= 11 is 0. The van der Waals surface area contributed by atoms with Gasteiger partial charge < -0.3 is 9.53 Å². The molecule has 1 aromatic carbocycles. The molecule has 74 valence electrons. The first kappa shape index (κ1) is 9.25. The molecule has 0 heterocycles. The molecule has 0 bridgehead atoms. The molecule has 2 nitrogen and oxygen atoms in total. The molecular weight excluding hydrogens is 176 g/mol. The number of ether oxygens (including phenoxy) is 1. The lowest BCUT2D eigenvalue weighted by atomic mass is 9.85. The van der Waals surface area contributed by atoms with E-state index < -0.39 is 0 Å². The first-order chi connectivity index (χ1) is 6.83. The van der Waals surface area contributed by atoms with Crippen LogP contribution in [0.4, 0.5) is 0 Å². The minimum absolute atomic E-state index is 0.218. The number of rotatable bonds is 2. The van der Waals surface area contributed by atoms with Crippen LogP contribution in [0.2, 0.25) is 0 Å². The van der Waals surface area contributed by atoms with Gasteiger partial charge in [-0.25, -0.2) is 0 Å². The third-order valence-corrected chi connectivity index (χ3v) is 2.87. The van der Waals surface area contributed by atoms with E-state index in [9.17, 15) is 4.79 Å². The maximum atomic E-state index is 10.7. The molecule has 0 saturated heterocycles. The number of aryl methyl sites for hydroxylation is 1. The van der Waals surface area contributed by atoms with Crippen molar-refractivity contribution in [2.45, 2.75) is 19.3 Å². The minimum atomic E-state index is 0.218. The fourth-order valence-electron chi connectivity index (χ4n) is 2.00. The molecule has 1 aliphatic carbocycles. The second kappa shape index (κ2) is 3.82. The summed E-state index contributed by atoms with van der Waals surface area (Å²) in [6.07, 6.45) is 3.94. The van der Waals surface area contributed by atoms with Gasteiger partial charge in [-0.15, -0.1) is 0 Å². The predicted octanol–water partition coefficient (Wildman–Crippen LogP) is 2.00. The zero-order chi connectivity index (χ0) is 9.97. The molecule has 2 heteroatoms. The van der Waals surface area contributed by atoms with Crippen molar-refractivity contribution in [2.24, 2.45) is 5.92 Å². The highest BCUT2D eigenvalue weighted by atomic mass is 16.5. The third-order valence-electron chi connectivity index (χ3n) is 2.87. The lowest BCUT2D eigenvalue weighted by molar-refractivity contribution is -0.111. The van der Waals surface area contributed by atoms with Gasteiger partial charge in [0.15, 0.2) is 0 Å². The van der Waals surface area contributed by atoms with Crippen molar-refractivity contribution >= 4 is 6.29 Å². The van der Waals surface area contributed by atoms with Crippen LogP contribution in [0, 0.1) is 5.92 Å². The molecule has 0 aromatic heterocycles. The Labute approximate surface area is 83.9 Å². The summed E-state index contributed by atoms with van der Waals surface area (Å²) in [6, 6.07) is 6.12. The van der Waals surface area contributed by atoms with Crippen molar-refractivity contribution < 1.29 is 9.53 Å². The first-order valence-electron chi connectivity index (χ1n) is 4.94. The molecule has 1 aromatic rings. The number of aldehydes is 1. The normalized spacial score (nSPS) is 19.9. The van der Waals surface area contributed by atoms with Gasteiger partial charge in [-0.1, -0.05) is 6.07 Å². The Morgan fingerprint density at radius 1 is 1.43 bits per heavy atom. The van der Waals surface area contributed by atoms with Gasteiger partial charge in [-0.05, 0) is 42.5 Å². The van der Waals surface area contributed by atoms with Crippen LogP contribution in [-0.2, 0) is 17.6 Å². The summed E-state index contributed by atoms with van der Waals surface area (Å²) in [5.41, 5.74) is 2.64. The molecule has 2 rings (SSSR count). The molecule has 1 aliphatic rings. The van der Waals surface area contributed by atoms with Crippen LogP contribution in [0.1, 0.15) is 17.5 Å². The lowest BCUT2D eigenvalue weighted by Gasteiger charge is -2.20. The number of hydrogen-bond acceptors (Lipinski definition) is 2. The second-order valence-electron chi connectivity index (χ2n) is 3.77. The smallest absolute Gasteiger partial charge is 0.123 e. The van der Waals surface area contributed by atoms with Crippen molar-refractivity contribution in [3.8, 4) is 5.75 Å². The van der Waals surface area contributed by atoms with Crippen LogP contribution in [0.25, 0.3) is 0 Å². The van der Waals surface area contributed by atoms with Gasteiger partial charge in [0.25, 0.3) is 0 Å².